The molecule has 2 rings (SSSR count). The molecule has 0 radical (unpaired) electrons. The van der Waals surface area contributed by atoms with Crippen molar-refractivity contribution in [2.24, 2.45) is 5.73 Å². The van der Waals surface area contributed by atoms with Gasteiger partial charge in [-0.3, -0.25) is 4.90 Å². The first-order valence-corrected chi connectivity index (χ1v) is 6.75. The van der Waals surface area contributed by atoms with E-state index in [0.717, 1.165) is 19.6 Å². The van der Waals surface area contributed by atoms with Crippen molar-refractivity contribution >= 4 is 17.2 Å². The summed E-state index contributed by atoms with van der Waals surface area (Å²) in [6.45, 7) is 4.13. The van der Waals surface area contributed by atoms with Crippen LogP contribution in [-0.2, 0) is 4.74 Å². The summed E-state index contributed by atoms with van der Waals surface area (Å²) in [6.07, 6.45) is 6.43. The first kappa shape index (κ1) is 12.3. The number of morpholine rings is 1. The minimum atomic E-state index is 0.455. The fraction of sp³-hybridized carbons (Fsp3) is 0.917. The molecule has 92 valence electrons. The van der Waals surface area contributed by atoms with Gasteiger partial charge in [-0.05, 0) is 19.8 Å². The van der Waals surface area contributed by atoms with E-state index in [4.69, 9.17) is 22.7 Å². The van der Waals surface area contributed by atoms with Crippen molar-refractivity contribution in [1.29, 1.82) is 0 Å². The molecular formula is C12H22N2OS. The summed E-state index contributed by atoms with van der Waals surface area (Å²) < 4.78 is 5.86. The number of hydrogen-bond donors (Lipinski definition) is 1. The van der Waals surface area contributed by atoms with Gasteiger partial charge >= 0.3 is 0 Å². The highest BCUT2D eigenvalue weighted by atomic mass is 32.1. The summed E-state index contributed by atoms with van der Waals surface area (Å²) in [7, 11) is 0. The molecule has 3 unspecified atom stereocenters. The van der Waals surface area contributed by atoms with Crippen LogP contribution in [0.5, 0.6) is 0 Å². The van der Waals surface area contributed by atoms with Crippen LogP contribution in [0.2, 0.25) is 0 Å². The highest BCUT2D eigenvalue weighted by molar-refractivity contribution is 7.80. The Morgan fingerprint density at radius 2 is 2.25 bits per heavy atom. The molecule has 4 heteroatoms. The number of nitrogens with zero attached hydrogens (tertiary/aromatic N) is 1. The van der Waals surface area contributed by atoms with Crippen molar-refractivity contribution in [1.82, 2.24) is 4.90 Å². The van der Waals surface area contributed by atoms with Crippen molar-refractivity contribution in [3.8, 4) is 0 Å². The molecule has 1 aliphatic carbocycles. The Bertz CT molecular complexity index is 257. The van der Waals surface area contributed by atoms with Crippen LogP contribution in [0.1, 0.15) is 39.0 Å². The van der Waals surface area contributed by atoms with Gasteiger partial charge in [-0.2, -0.15) is 0 Å². The molecule has 3 nitrogen and oxygen atoms in total. The van der Waals surface area contributed by atoms with E-state index >= 15 is 0 Å². The van der Waals surface area contributed by atoms with E-state index in [1.807, 2.05) is 0 Å². The molecule has 0 aromatic heterocycles. The van der Waals surface area contributed by atoms with Crippen LogP contribution >= 0.6 is 12.2 Å². The van der Waals surface area contributed by atoms with Gasteiger partial charge in [-0.15, -0.1) is 0 Å². The third kappa shape index (κ3) is 2.73. The molecule has 1 saturated heterocycles. The smallest absolute Gasteiger partial charge is 0.0742 e. The zero-order chi connectivity index (χ0) is 11.5. The minimum absolute atomic E-state index is 0.455. The Morgan fingerprint density at radius 1 is 1.50 bits per heavy atom. The van der Waals surface area contributed by atoms with E-state index < -0.39 is 0 Å². The summed E-state index contributed by atoms with van der Waals surface area (Å²) >= 11 is 5.01. The van der Waals surface area contributed by atoms with Gasteiger partial charge in [-0.25, -0.2) is 0 Å². The molecular weight excluding hydrogens is 220 g/mol. The second kappa shape index (κ2) is 5.43. The molecule has 1 saturated carbocycles. The Balaban J connectivity index is 1.98. The topological polar surface area (TPSA) is 38.5 Å². The fourth-order valence-electron chi connectivity index (χ4n) is 3.08. The van der Waals surface area contributed by atoms with Gasteiger partial charge in [0, 0.05) is 25.0 Å². The largest absolute Gasteiger partial charge is 0.393 e. The monoisotopic (exact) mass is 242 g/mol. The van der Waals surface area contributed by atoms with Crippen molar-refractivity contribution in [3.05, 3.63) is 0 Å². The van der Waals surface area contributed by atoms with E-state index in [1.165, 1.54) is 25.7 Å². The number of ether oxygens (including phenoxy) is 1. The lowest BCUT2D eigenvalue weighted by atomic mass is 9.89. The Morgan fingerprint density at radius 3 is 3.00 bits per heavy atom. The zero-order valence-electron chi connectivity index (χ0n) is 10.0. The average molecular weight is 242 g/mol. The second-order valence-corrected chi connectivity index (χ2v) is 5.54. The maximum Gasteiger partial charge on any atom is 0.0742 e. The molecule has 2 N–H and O–H groups in total. The summed E-state index contributed by atoms with van der Waals surface area (Å²) in [5, 5.41) is 0. The van der Waals surface area contributed by atoms with Gasteiger partial charge in [0.2, 0.25) is 0 Å². The van der Waals surface area contributed by atoms with E-state index in [0.29, 0.717) is 23.2 Å². The number of rotatable bonds is 3. The highest BCUT2D eigenvalue weighted by Gasteiger charge is 2.36. The molecule has 1 heterocycles. The van der Waals surface area contributed by atoms with E-state index in [9.17, 15) is 0 Å². The summed E-state index contributed by atoms with van der Waals surface area (Å²) in [4.78, 5) is 3.19. The molecule has 2 aliphatic rings. The average Bonchev–Trinajstić information content (AvgIpc) is 2.27. The minimum Gasteiger partial charge on any atom is -0.393 e. The number of nitrogens with two attached hydrogens (primary N) is 1. The molecule has 0 aromatic carbocycles. The summed E-state index contributed by atoms with van der Waals surface area (Å²) in [5.41, 5.74) is 5.64. The summed E-state index contributed by atoms with van der Waals surface area (Å²) in [5.74, 6) is 0. The highest BCUT2D eigenvalue weighted by Crippen LogP contribution is 2.30. The van der Waals surface area contributed by atoms with Gasteiger partial charge in [0.15, 0.2) is 0 Å². The quantitative estimate of drug-likeness (QED) is 0.765. The van der Waals surface area contributed by atoms with Gasteiger partial charge in [-0.1, -0.05) is 25.1 Å². The lowest BCUT2D eigenvalue weighted by molar-refractivity contribution is -0.0992. The number of hydrogen-bond acceptors (Lipinski definition) is 3. The molecule has 0 aromatic rings. The Hall–Kier alpha value is -0.190. The van der Waals surface area contributed by atoms with Crippen LogP contribution in [0.4, 0.5) is 0 Å². The van der Waals surface area contributed by atoms with Crippen molar-refractivity contribution in [3.63, 3.8) is 0 Å². The zero-order valence-corrected chi connectivity index (χ0v) is 10.8. The van der Waals surface area contributed by atoms with Gasteiger partial charge in [0.25, 0.3) is 0 Å². The van der Waals surface area contributed by atoms with E-state index in [2.05, 4.69) is 11.8 Å². The van der Waals surface area contributed by atoms with Crippen LogP contribution in [0.3, 0.4) is 0 Å². The lowest BCUT2D eigenvalue weighted by Crippen LogP contribution is -2.56. The van der Waals surface area contributed by atoms with Crippen LogP contribution < -0.4 is 5.73 Å². The third-order valence-electron chi connectivity index (χ3n) is 3.84. The predicted molar refractivity (Wildman–Crippen MR) is 69.6 cm³/mol. The second-order valence-electron chi connectivity index (χ2n) is 5.02. The number of fused-ring (bicyclic) bond motifs is 1. The van der Waals surface area contributed by atoms with Crippen molar-refractivity contribution in [2.75, 3.05) is 13.2 Å². The Kier molecular flexibility index (Phi) is 4.16. The van der Waals surface area contributed by atoms with Crippen LogP contribution in [0.15, 0.2) is 0 Å². The normalized spacial score (nSPS) is 33.1. The van der Waals surface area contributed by atoms with Gasteiger partial charge < -0.3 is 10.5 Å². The van der Waals surface area contributed by atoms with E-state index in [-0.39, 0.29) is 0 Å². The maximum absolute atomic E-state index is 5.86. The first-order chi connectivity index (χ1) is 7.68. The van der Waals surface area contributed by atoms with Crippen LogP contribution in [0.25, 0.3) is 0 Å². The van der Waals surface area contributed by atoms with Crippen molar-refractivity contribution in [2.45, 2.75) is 57.2 Å². The third-order valence-corrected chi connectivity index (χ3v) is 4.00. The summed E-state index contributed by atoms with van der Waals surface area (Å²) in [6, 6.07) is 1.07. The van der Waals surface area contributed by atoms with Gasteiger partial charge in [0.1, 0.15) is 0 Å². The molecule has 16 heavy (non-hydrogen) atoms. The molecule has 1 aliphatic heterocycles. The predicted octanol–water partition coefficient (Wildman–Crippen LogP) is 1.69. The standard InChI is InChI=1S/C12H22N2OS/c1-9(8-12(13)16)14-6-7-15-11-5-3-2-4-10(11)14/h9-11H,2-8H2,1H3,(H2,13,16). The van der Waals surface area contributed by atoms with Crippen LogP contribution in [0, 0.1) is 0 Å². The lowest BCUT2D eigenvalue weighted by Gasteiger charge is -2.46. The number of thiocarbonyl (C=S) groups is 1. The van der Waals surface area contributed by atoms with Gasteiger partial charge in [0.05, 0.1) is 17.7 Å². The Labute approximate surface area is 103 Å². The molecule has 2 fully saturated rings. The molecule has 0 bridgehead atoms. The van der Waals surface area contributed by atoms with Crippen LogP contribution in [-0.4, -0.2) is 41.2 Å². The maximum atomic E-state index is 5.86. The SMILES string of the molecule is CC(CC(N)=S)N1CCOC2CCCCC21. The van der Waals surface area contributed by atoms with Crippen molar-refractivity contribution < 1.29 is 4.74 Å². The fourth-order valence-corrected chi connectivity index (χ4v) is 3.32. The molecule has 3 atom stereocenters. The molecule has 0 amide bonds. The molecule has 0 spiro atoms. The first-order valence-electron chi connectivity index (χ1n) is 6.34. The van der Waals surface area contributed by atoms with E-state index in [1.54, 1.807) is 0 Å².